The fraction of sp³-hybridized carbons (Fsp3) is 1.00. The molecule has 3 nitrogen and oxygen atoms in total. The zero-order valence-electron chi connectivity index (χ0n) is 12.7. The van der Waals surface area contributed by atoms with Gasteiger partial charge in [-0.15, -0.1) is 0 Å². The second-order valence-corrected chi connectivity index (χ2v) is 7.23. The van der Waals surface area contributed by atoms with Crippen molar-refractivity contribution in [3.8, 4) is 0 Å². The second kappa shape index (κ2) is 5.89. The molecule has 1 saturated carbocycles. The predicted octanol–water partition coefficient (Wildman–Crippen LogP) is 1.79. The number of hydrogen-bond donors (Lipinski definition) is 1. The third-order valence-electron chi connectivity index (χ3n) is 4.50. The molecule has 2 aliphatic rings. The van der Waals surface area contributed by atoms with Crippen molar-refractivity contribution < 1.29 is 0 Å². The van der Waals surface area contributed by atoms with E-state index in [1.807, 2.05) is 0 Å². The summed E-state index contributed by atoms with van der Waals surface area (Å²) in [5, 5.41) is 3.68. The largest absolute Gasteiger partial charge is 0.312 e. The molecule has 0 radical (unpaired) electrons. The molecule has 2 unspecified atom stereocenters. The molecule has 106 valence electrons. The summed E-state index contributed by atoms with van der Waals surface area (Å²) in [6, 6.07) is 0.853. The molecule has 1 N–H and O–H groups in total. The Labute approximate surface area is 113 Å². The number of nitrogens with zero attached hydrogens (tertiary/aromatic N) is 2. The van der Waals surface area contributed by atoms with E-state index in [9.17, 15) is 0 Å². The van der Waals surface area contributed by atoms with E-state index in [0.717, 1.165) is 12.0 Å². The molecule has 1 saturated heterocycles. The van der Waals surface area contributed by atoms with Gasteiger partial charge in [-0.05, 0) is 72.6 Å². The predicted molar refractivity (Wildman–Crippen MR) is 78.0 cm³/mol. The summed E-state index contributed by atoms with van der Waals surface area (Å²) < 4.78 is 0. The van der Waals surface area contributed by atoms with E-state index in [0.29, 0.717) is 0 Å². The highest BCUT2D eigenvalue weighted by molar-refractivity contribution is 4.92. The molecule has 1 aliphatic heterocycles. The minimum absolute atomic E-state index is 0.263. The van der Waals surface area contributed by atoms with Crippen molar-refractivity contribution in [1.29, 1.82) is 0 Å². The third kappa shape index (κ3) is 3.94. The Morgan fingerprint density at radius 1 is 1.06 bits per heavy atom. The van der Waals surface area contributed by atoms with Gasteiger partial charge >= 0.3 is 0 Å². The van der Waals surface area contributed by atoms with Crippen molar-refractivity contribution in [2.45, 2.75) is 51.6 Å². The van der Waals surface area contributed by atoms with Crippen LogP contribution in [0, 0.1) is 5.92 Å². The molecule has 3 heteroatoms. The summed E-state index contributed by atoms with van der Waals surface area (Å²) in [6.07, 6.45) is 4.17. The summed E-state index contributed by atoms with van der Waals surface area (Å²) in [4.78, 5) is 5.23. The average Bonchev–Trinajstić information content (AvgIpc) is 2.41. The number of hydrogen-bond acceptors (Lipinski definition) is 3. The highest BCUT2D eigenvalue weighted by Gasteiger charge is 2.35. The van der Waals surface area contributed by atoms with E-state index in [-0.39, 0.29) is 5.54 Å². The standard InChI is InChI=1S/C15H31N3/c1-15(2,3)16-12-13-6-7-14(13)18-9-5-8-17(4)10-11-18/h13-14,16H,5-12H2,1-4H3. The van der Waals surface area contributed by atoms with Gasteiger partial charge in [0.1, 0.15) is 0 Å². The van der Waals surface area contributed by atoms with Crippen LogP contribution in [0.4, 0.5) is 0 Å². The molecule has 0 aromatic rings. The zero-order valence-corrected chi connectivity index (χ0v) is 12.7. The summed E-state index contributed by atoms with van der Waals surface area (Å²) in [6.45, 7) is 13.1. The van der Waals surface area contributed by atoms with Gasteiger partial charge in [-0.3, -0.25) is 4.90 Å². The van der Waals surface area contributed by atoms with Crippen LogP contribution in [-0.4, -0.2) is 61.2 Å². The summed E-state index contributed by atoms with van der Waals surface area (Å²) in [7, 11) is 2.25. The van der Waals surface area contributed by atoms with Gasteiger partial charge < -0.3 is 10.2 Å². The fourth-order valence-electron chi connectivity index (χ4n) is 3.11. The Morgan fingerprint density at radius 3 is 2.44 bits per heavy atom. The lowest BCUT2D eigenvalue weighted by Gasteiger charge is -2.45. The average molecular weight is 253 g/mol. The lowest BCUT2D eigenvalue weighted by atomic mass is 9.78. The topological polar surface area (TPSA) is 18.5 Å². The molecule has 2 atom stereocenters. The number of likely N-dealkylation sites (N-methyl/N-ethyl adjacent to an activating group) is 1. The fourth-order valence-corrected chi connectivity index (χ4v) is 3.11. The molecule has 0 amide bonds. The Hall–Kier alpha value is -0.120. The summed E-state index contributed by atoms with van der Waals surface area (Å²) >= 11 is 0. The first-order valence-electron chi connectivity index (χ1n) is 7.63. The highest BCUT2D eigenvalue weighted by atomic mass is 15.2. The van der Waals surface area contributed by atoms with Crippen LogP contribution in [0.15, 0.2) is 0 Å². The number of rotatable bonds is 3. The molecule has 0 aromatic carbocycles. The van der Waals surface area contributed by atoms with Gasteiger partial charge in [0.2, 0.25) is 0 Å². The first kappa shape index (κ1) is 14.3. The van der Waals surface area contributed by atoms with E-state index >= 15 is 0 Å². The summed E-state index contributed by atoms with van der Waals surface area (Å²) in [5.41, 5.74) is 0.263. The third-order valence-corrected chi connectivity index (χ3v) is 4.50. The van der Waals surface area contributed by atoms with Crippen LogP contribution in [-0.2, 0) is 0 Å². The van der Waals surface area contributed by atoms with Crippen LogP contribution < -0.4 is 5.32 Å². The normalized spacial score (nSPS) is 32.0. The van der Waals surface area contributed by atoms with Crippen molar-refractivity contribution >= 4 is 0 Å². The van der Waals surface area contributed by atoms with Crippen LogP contribution in [0.2, 0.25) is 0 Å². The van der Waals surface area contributed by atoms with Gasteiger partial charge in [-0.1, -0.05) is 0 Å². The molecule has 0 aromatic heterocycles. The van der Waals surface area contributed by atoms with E-state index in [1.165, 1.54) is 52.0 Å². The minimum Gasteiger partial charge on any atom is -0.312 e. The van der Waals surface area contributed by atoms with Gasteiger partial charge in [0, 0.05) is 24.7 Å². The van der Waals surface area contributed by atoms with E-state index in [4.69, 9.17) is 0 Å². The molecule has 1 heterocycles. The van der Waals surface area contributed by atoms with Crippen molar-refractivity contribution in [2.75, 3.05) is 39.8 Å². The van der Waals surface area contributed by atoms with Gasteiger partial charge in [0.15, 0.2) is 0 Å². The van der Waals surface area contributed by atoms with Gasteiger partial charge in [0.25, 0.3) is 0 Å². The van der Waals surface area contributed by atoms with Gasteiger partial charge in [-0.25, -0.2) is 0 Å². The Morgan fingerprint density at radius 2 is 1.83 bits per heavy atom. The molecular weight excluding hydrogens is 222 g/mol. The zero-order chi connectivity index (χ0) is 13.2. The Bertz CT molecular complexity index is 259. The molecule has 18 heavy (non-hydrogen) atoms. The van der Waals surface area contributed by atoms with Crippen LogP contribution in [0.25, 0.3) is 0 Å². The van der Waals surface area contributed by atoms with Crippen molar-refractivity contribution in [3.05, 3.63) is 0 Å². The first-order valence-corrected chi connectivity index (χ1v) is 7.63. The molecule has 0 bridgehead atoms. The lowest BCUT2D eigenvalue weighted by molar-refractivity contribution is 0.0616. The van der Waals surface area contributed by atoms with E-state index < -0.39 is 0 Å². The van der Waals surface area contributed by atoms with E-state index in [1.54, 1.807) is 0 Å². The SMILES string of the molecule is CN1CCCN(C2CCC2CNC(C)(C)C)CC1. The molecule has 2 rings (SSSR count). The maximum Gasteiger partial charge on any atom is 0.0136 e. The van der Waals surface area contributed by atoms with Crippen LogP contribution >= 0.6 is 0 Å². The smallest absolute Gasteiger partial charge is 0.0136 e. The number of nitrogens with one attached hydrogen (secondary N) is 1. The molecule has 1 aliphatic carbocycles. The Balaban J connectivity index is 1.78. The van der Waals surface area contributed by atoms with Crippen LogP contribution in [0.5, 0.6) is 0 Å². The molecule has 2 fully saturated rings. The quantitative estimate of drug-likeness (QED) is 0.827. The summed E-state index contributed by atoms with van der Waals surface area (Å²) in [5.74, 6) is 0.882. The lowest BCUT2D eigenvalue weighted by Crippen LogP contribution is -2.53. The van der Waals surface area contributed by atoms with Crippen molar-refractivity contribution in [2.24, 2.45) is 5.92 Å². The van der Waals surface area contributed by atoms with Crippen LogP contribution in [0.3, 0.4) is 0 Å². The van der Waals surface area contributed by atoms with Gasteiger partial charge in [0.05, 0.1) is 0 Å². The minimum atomic E-state index is 0.263. The monoisotopic (exact) mass is 253 g/mol. The molecule has 0 spiro atoms. The van der Waals surface area contributed by atoms with Crippen LogP contribution in [0.1, 0.15) is 40.0 Å². The highest BCUT2D eigenvalue weighted by Crippen LogP contribution is 2.32. The first-order chi connectivity index (χ1) is 8.46. The van der Waals surface area contributed by atoms with Gasteiger partial charge in [-0.2, -0.15) is 0 Å². The maximum atomic E-state index is 3.68. The second-order valence-electron chi connectivity index (χ2n) is 7.23. The maximum absolute atomic E-state index is 3.68. The van der Waals surface area contributed by atoms with Crippen molar-refractivity contribution in [1.82, 2.24) is 15.1 Å². The Kier molecular flexibility index (Phi) is 4.68. The van der Waals surface area contributed by atoms with E-state index in [2.05, 4.69) is 42.9 Å². The molecular formula is C15H31N3. The van der Waals surface area contributed by atoms with Crippen molar-refractivity contribution in [3.63, 3.8) is 0 Å².